The fourth-order valence-corrected chi connectivity index (χ4v) is 2.69. The van der Waals surface area contributed by atoms with Crippen LogP contribution in [0.5, 0.6) is 0 Å². The minimum Gasteiger partial charge on any atom is -0.392 e. The van der Waals surface area contributed by atoms with Crippen LogP contribution in [-0.4, -0.2) is 39.0 Å². The molecule has 5 nitrogen and oxygen atoms in total. The number of hydrogen-bond donors (Lipinski definition) is 1. The van der Waals surface area contributed by atoms with Crippen LogP contribution in [0.25, 0.3) is 0 Å². The minimum absolute atomic E-state index is 0.222. The van der Waals surface area contributed by atoms with Crippen LogP contribution in [-0.2, 0) is 0 Å². The van der Waals surface area contributed by atoms with Crippen molar-refractivity contribution in [3.05, 3.63) is 29.6 Å². The molecule has 2 unspecified atom stereocenters. The Kier molecular flexibility index (Phi) is 2.13. The highest BCUT2D eigenvalue weighted by atomic mass is 16.3. The van der Waals surface area contributed by atoms with E-state index in [-0.39, 0.29) is 23.6 Å². The molecule has 1 fully saturated rings. The van der Waals surface area contributed by atoms with Crippen LogP contribution in [0.2, 0.25) is 0 Å². The van der Waals surface area contributed by atoms with Crippen molar-refractivity contribution in [3.8, 4) is 0 Å². The maximum atomic E-state index is 12.2. The molecule has 3 rings (SSSR count). The SMILES string of the molecule is CC1(C)C(O)CC1N1C(=O)c2cccnc2C1=O. The van der Waals surface area contributed by atoms with Crippen LogP contribution < -0.4 is 0 Å². The maximum Gasteiger partial charge on any atom is 0.280 e. The maximum absolute atomic E-state index is 12.2. The molecule has 1 N–H and O–H groups in total. The zero-order valence-electron chi connectivity index (χ0n) is 10.3. The zero-order chi connectivity index (χ0) is 13.1. The molecule has 2 atom stereocenters. The fourth-order valence-electron chi connectivity index (χ4n) is 2.69. The number of fused-ring (bicyclic) bond motifs is 1. The Bertz CT molecular complexity index is 518. The Hall–Kier alpha value is -1.75. The summed E-state index contributed by atoms with van der Waals surface area (Å²) in [5, 5.41) is 9.73. The lowest BCUT2D eigenvalue weighted by Crippen LogP contribution is -2.62. The van der Waals surface area contributed by atoms with Gasteiger partial charge in [0.1, 0.15) is 5.69 Å². The molecule has 1 aromatic rings. The first-order valence-electron chi connectivity index (χ1n) is 5.95. The van der Waals surface area contributed by atoms with E-state index >= 15 is 0 Å². The summed E-state index contributed by atoms with van der Waals surface area (Å²) >= 11 is 0. The van der Waals surface area contributed by atoms with Gasteiger partial charge in [-0.15, -0.1) is 0 Å². The molecule has 94 valence electrons. The molecule has 1 aromatic heterocycles. The third kappa shape index (κ3) is 1.22. The van der Waals surface area contributed by atoms with Gasteiger partial charge in [-0.25, -0.2) is 0 Å². The molecule has 2 aliphatic rings. The molecule has 18 heavy (non-hydrogen) atoms. The van der Waals surface area contributed by atoms with Gasteiger partial charge in [-0.05, 0) is 18.6 Å². The van der Waals surface area contributed by atoms with Crippen molar-refractivity contribution >= 4 is 11.8 Å². The molecule has 1 aliphatic heterocycles. The van der Waals surface area contributed by atoms with E-state index < -0.39 is 11.5 Å². The highest BCUT2D eigenvalue weighted by Crippen LogP contribution is 2.45. The third-order valence-corrected chi connectivity index (χ3v) is 4.15. The van der Waals surface area contributed by atoms with Crippen molar-refractivity contribution in [3.63, 3.8) is 0 Å². The largest absolute Gasteiger partial charge is 0.392 e. The summed E-state index contributed by atoms with van der Waals surface area (Å²) in [6.45, 7) is 3.73. The second-order valence-electron chi connectivity index (χ2n) is 5.47. The number of aliphatic hydroxyl groups is 1. The Balaban J connectivity index is 1.99. The first-order valence-corrected chi connectivity index (χ1v) is 5.95. The van der Waals surface area contributed by atoms with Crippen molar-refractivity contribution in [1.82, 2.24) is 9.88 Å². The Morgan fingerprint density at radius 1 is 1.39 bits per heavy atom. The molecule has 0 radical (unpaired) electrons. The van der Waals surface area contributed by atoms with Crippen molar-refractivity contribution in [1.29, 1.82) is 0 Å². The second-order valence-corrected chi connectivity index (χ2v) is 5.47. The van der Waals surface area contributed by atoms with Gasteiger partial charge in [0.25, 0.3) is 11.8 Å². The van der Waals surface area contributed by atoms with Gasteiger partial charge in [0, 0.05) is 11.6 Å². The first kappa shape index (κ1) is 11.3. The predicted octanol–water partition coefficient (Wildman–Crippen LogP) is 0.837. The lowest BCUT2D eigenvalue weighted by Gasteiger charge is -2.52. The van der Waals surface area contributed by atoms with Crippen LogP contribution in [0.1, 0.15) is 41.1 Å². The average molecular weight is 246 g/mol. The molecule has 1 aliphatic carbocycles. The molecule has 0 bridgehead atoms. The number of imide groups is 1. The molecule has 2 heterocycles. The molecule has 2 amide bonds. The van der Waals surface area contributed by atoms with Gasteiger partial charge in [-0.1, -0.05) is 13.8 Å². The second kappa shape index (κ2) is 3.38. The molecule has 0 spiro atoms. The van der Waals surface area contributed by atoms with Crippen molar-refractivity contribution in [2.24, 2.45) is 5.41 Å². The fraction of sp³-hybridized carbons (Fsp3) is 0.462. The van der Waals surface area contributed by atoms with Crippen molar-refractivity contribution in [2.75, 3.05) is 0 Å². The Morgan fingerprint density at radius 3 is 2.67 bits per heavy atom. The number of aliphatic hydroxyl groups excluding tert-OH is 1. The van der Waals surface area contributed by atoms with Gasteiger partial charge in [0.15, 0.2) is 0 Å². The highest BCUT2D eigenvalue weighted by Gasteiger charge is 2.55. The Labute approximate surface area is 104 Å². The van der Waals surface area contributed by atoms with Gasteiger partial charge in [0.05, 0.1) is 17.7 Å². The van der Waals surface area contributed by atoms with Gasteiger partial charge >= 0.3 is 0 Å². The van der Waals surface area contributed by atoms with Crippen LogP contribution >= 0.6 is 0 Å². The van der Waals surface area contributed by atoms with E-state index in [2.05, 4.69) is 4.98 Å². The van der Waals surface area contributed by atoms with Crippen LogP contribution in [0.4, 0.5) is 0 Å². The van der Waals surface area contributed by atoms with Crippen molar-refractivity contribution < 1.29 is 14.7 Å². The monoisotopic (exact) mass is 246 g/mol. The van der Waals surface area contributed by atoms with E-state index in [0.29, 0.717) is 12.0 Å². The number of rotatable bonds is 1. The van der Waals surface area contributed by atoms with E-state index in [1.807, 2.05) is 13.8 Å². The van der Waals surface area contributed by atoms with Crippen LogP contribution in [0.15, 0.2) is 18.3 Å². The number of nitrogens with zero attached hydrogens (tertiary/aromatic N) is 2. The number of pyridine rings is 1. The molecular weight excluding hydrogens is 232 g/mol. The highest BCUT2D eigenvalue weighted by molar-refractivity contribution is 6.20. The summed E-state index contributed by atoms with van der Waals surface area (Å²) < 4.78 is 0. The van der Waals surface area contributed by atoms with Gasteiger partial charge in [-0.3, -0.25) is 19.5 Å². The standard InChI is InChI=1S/C13H14N2O3/c1-13(2)8(6-9(13)16)15-11(17)7-4-3-5-14-10(7)12(15)18/h3-5,8-9,16H,6H2,1-2H3. The summed E-state index contributed by atoms with van der Waals surface area (Å²) in [6.07, 6.45) is 1.48. The van der Waals surface area contributed by atoms with Crippen LogP contribution in [0, 0.1) is 5.41 Å². The Morgan fingerprint density at radius 2 is 2.11 bits per heavy atom. The smallest absolute Gasteiger partial charge is 0.280 e. The van der Waals surface area contributed by atoms with Gasteiger partial charge in [-0.2, -0.15) is 0 Å². The molecule has 0 saturated heterocycles. The van der Waals surface area contributed by atoms with E-state index in [1.165, 1.54) is 11.1 Å². The summed E-state index contributed by atoms with van der Waals surface area (Å²) in [4.78, 5) is 29.6. The molecular formula is C13H14N2O3. The van der Waals surface area contributed by atoms with Crippen molar-refractivity contribution in [2.45, 2.75) is 32.4 Å². The first-order chi connectivity index (χ1) is 8.44. The summed E-state index contributed by atoms with van der Waals surface area (Å²) in [5.74, 6) is -0.645. The number of carbonyl (C=O) groups is 2. The van der Waals surface area contributed by atoms with E-state index in [4.69, 9.17) is 0 Å². The summed E-state index contributed by atoms with van der Waals surface area (Å²) in [7, 11) is 0. The minimum atomic E-state index is -0.472. The molecule has 1 saturated carbocycles. The normalized spacial score (nSPS) is 29.2. The van der Waals surface area contributed by atoms with E-state index in [1.54, 1.807) is 12.1 Å². The number of aromatic nitrogens is 1. The lowest BCUT2D eigenvalue weighted by atomic mass is 9.64. The van der Waals surface area contributed by atoms with Gasteiger partial charge < -0.3 is 5.11 Å². The quantitative estimate of drug-likeness (QED) is 0.745. The molecule has 0 aromatic carbocycles. The topological polar surface area (TPSA) is 70.5 Å². The lowest BCUT2D eigenvalue weighted by molar-refractivity contribution is -0.0988. The van der Waals surface area contributed by atoms with E-state index in [0.717, 1.165) is 0 Å². The zero-order valence-corrected chi connectivity index (χ0v) is 10.3. The number of amides is 2. The average Bonchev–Trinajstić information content (AvgIpc) is 2.60. The van der Waals surface area contributed by atoms with Crippen LogP contribution in [0.3, 0.4) is 0 Å². The predicted molar refractivity (Wildman–Crippen MR) is 62.9 cm³/mol. The summed E-state index contributed by atoms with van der Waals surface area (Å²) in [6, 6.07) is 3.01. The number of hydrogen-bond acceptors (Lipinski definition) is 4. The molecule has 5 heteroatoms. The summed E-state index contributed by atoms with van der Waals surface area (Å²) in [5.41, 5.74) is 0.132. The number of carbonyl (C=O) groups excluding carboxylic acids is 2. The van der Waals surface area contributed by atoms with Gasteiger partial charge in [0.2, 0.25) is 0 Å². The third-order valence-electron chi connectivity index (χ3n) is 4.15. The van der Waals surface area contributed by atoms with E-state index in [9.17, 15) is 14.7 Å².